The van der Waals surface area contributed by atoms with Crippen LogP contribution in [0, 0.1) is 12.8 Å². The number of anilines is 1. The Hall–Kier alpha value is -2.32. The minimum absolute atomic E-state index is 0.0921. The predicted octanol–water partition coefficient (Wildman–Crippen LogP) is 4.82. The topological polar surface area (TPSA) is 97.6 Å². The molecule has 7 nitrogen and oxygen atoms in total. The molecule has 2 unspecified atom stereocenters. The molecule has 1 fully saturated rings. The number of hydrogen-bond acceptors (Lipinski definition) is 5. The molecule has 2 amide bonds. The number of carbonyl (C=O) groups is 1. The number of benzene rings is 2. The first kappa shape index (κ1) is 27.3. The predicted molar refractivity (Wildman–Crippen MR) is 142 cm³/mol. The van der Waals surface area contributed by atoms with E-state index in [-0.39, 0.29) is 24.2 Å². The van der Waals surface area contributed by atoms with Crippen LogP contribution in [0.5, 0.6) is 5.75 Å². The average Bonchev–Trinajstić information content (AvgIpc) is 3.66. The highest BCUT2D eigenvalue weighted by atomic mass is 35.5. The van der Waals surface area contributed by atoms with E-state index in [9.17, 15) is 4.79 Å². The number of halogens is 1. The Morgan fingerprint density at radius 2 is 1.97 bits per heavy atom. The van der Waals surface area contributed by atoms with Crippen LogP contribution in [0.25, 0.3) is 0 Å². The third-order valence-corrected chi connectivity index (χ3v) is 6.90. The van der Waals surface area contributed by atoms with E-state index in [1.165, 1.54) is 24.0 Å². The number of rotatable bonds is 14. The molecule has 0 bridgehead atoms. The maximum Gasteiger partial charge on any atom is 0.319 e. The van der Waals surface area contributed by atoms with Gasteiger partial charge in [0.2, 0.25) is 0 Å². The number of amides is 2. The van der Waals surface area contributed by atoms with Crippen LogP contribution in [-0.4, -0.2) is 45.6 Å². The van der Waals surface area contributed by atoms with Crippen molar-refractivity contribution in [3.63, 3.8) is 0 Å². The van der Waals surface area contributed by atoms with Gasteiger partial charge in [0.05, 0.1) is 26.5 Å². The summed E-state index contributed by atoms with van der Waals surface area (Å²) in [5.41, 5.74) is 8.47. The number of nitrogens with two attached hydrogens (primary N) is 1. The molecule has 192 valence electrons. The van der Waals surface area contributed by atoms with E-state index in [1.807, 2.05) is 6.07 Å². The molecule has 35 heavy (non-hydrogen) atoms. The van der Waals surface area contributed by atoms with Crippen LogP contribution in [-0.2, 0) is 10.2 Å². The molecule has 0 saturated heterocycles. The molecule has 0 heterocycles. The highest BCUT2D eigenvalue weighted by Crippen LogP contribution is 2.37. The Bertz CT molecular complexity index is 952. The molecule has 0 spiro atoms. The summed E-state index contributed by atoms with van der Waals surface area (Å²) in [7, 11) is 1.68. The lowest BCUT2D eigenvalue weighted by atomic mass is 9.73. The molecule has 0 aliphatic heterocycles. The molecule has 2 atom stereocenters. The molecular formula is C27H39ClN4O3. The molecule has 2 aromatic rings. The summed E-state index contributed by atoms with van der Waals surface area (Å²) < 4.78 is 11.1. The summed E-state index contributed by atoms with van der Waals surface area (Å²) >= 11 is 5.96. The second-order valence-electron chi connectivity index (χ2n) is 9.68. The van der Waals surface area contributed by atoms with Gasteiger partial charge in [-0.3, -0.25) is 0 Å². The maximum absolute atomic E-state index is 12.8. The Morgan fingerprint density at radius 3 is 2.63 bits per heavy atom. The van der Waals surface area contributed by atoms with Crippen LogP contribution < -0.4 is 26.4 Å². The van der Waals surface area contributed by atoms with E-state index in [0.29, 0.717) is 23.7 Å². The molecule has 0 aromatic heterocycles. The number of nitrogens with one attached hydrogen (secondary N) is 3. The third kappa shape index (κ3) is 8.69. The molecule has 5 N–H and O–H groups in total. The fraction of sp³-hybridized carbons (Fsp3) is 0.519. The van der Waals surface area contributed by atoms with Crippen molar-refractivity contribution in [2.45, 2.75) is 51.0 Å². The summed E-state index contributed by atoms with van der Waals surface area (Å²) in [6, 6.07) is 12.7. The van der Waals surface area contributed by atoms with Crippen molar-refractivity contribution in [1.82, 2.24) is 10.6 Å². The van der Waals surface area contributed by atoms with Gasteiger partial charge in [-0.25, -0.2) is 4.79 Å². The zero-order valence-electron chi connectivity index (χ0n) is 21.0. The quantitative estimate of drug-likeness (QED) is 0.219. The standard InChI is InChI=1S/C27H39ClN4O3/c1-19-4-11-24(34-3)14-25(19)27(2,12-13-30-16-20-5-6-20)15-23(17-35-18-29)32-26(33)31-22-9-7-21(28)8-10-22/h4,7-11,14,20,23,30H,5-6,12-13,15-18,29H2,1-3H3,(H2,31,32,33). The average molecular weight is 503 g/mol. The third-order valence-electron chi connectivity index (χ3n) is 6.65. The van der Waals surface area contributed by atoms with Gasteiger partial charge in [-0.05, 0) is 105 Å². The van der Waals surface area contributed by atoms with Gasteiger partial charge in [0.15, 0.2) is 0 Å². The molecule has 2 aromatic carbocycles. The van der Waals surface area contributed by atoms with Crippen LogP contribution in [0.4, 0.5) is 10.5 Å². The number of hydrogen-bond donors (Lipinski definition) is 4. The normalized spacial score (nSPS) is 15.8. The summed E-state index contributed by atoms with van der Waals surface area (Å²) in [5, 5.41) is 10.2. The lowest BCUT2D eigenvalue weighted by molar-refractivity contribution is 0.108. The van der Waals surface area contributed by atoms with Crippen molar-refractivity contribution in [3.8, 4) is 5.75 Å². The minimum atomic E-state index is -0.297. The zero-order chi connectivity index (χ0) is 25.3. The minimum Gasteiger partial charge on any atom is -0.497 e. The smallest absolute Gasteiger partial charge is 0.319 e. The lowest BCUT2D eigenvalue weighted by Gasteiger charge is -2.36. The molecule has 1 saturated carbocycles. The van der Waals surface area contributed by atoms with E-state index in [0.717, 1.165) is 31.2 Å². The summed E-state index contributed by atoms with van der Waals surface area (Å²) in [5.74, 6) is 1.65. The van der Waals surface area contributed by atoms with Crippen LogP contribution in [0.2, 0.25) is 5.02 Å². The van der Waals surface area contributed by atoms with Gasteiger partial charge in [-0.1, -0.05) is 24.6 Å². The van der Waals surface area contributed by atoms with Gasteiger partial charge in [-0.2, -0.15) is 0 Å². The van der Waals surface area contributed by atoms with Crippen LogP contribution >= 0.6 is 11.6 Å². The molecule has 3 rings (SSSR count). The number of ether oxygens (including phenoxy) is 2. The van der Waals surface area contributed by atoms with E-state index in [2.05, 4.69) is 41.9 Å². The first-order valence-corrected chi connectivity index (χ1v) is 12.7. The van der Waals surface area contributed by atoms with Crippen molar-refractivity contribution in [1.29, 1.82) is 0 Å². The van der Waals surface area contributed by atoms with E-state index >= 15 is 0 Å². The van der Waals surface area contributed by atoms with Crippen molar-refractivity contribution in [2.24, 2.45) is 11.7 Å². The van der Waals surface area contributed by atoms with Gasteiger partial charge in [0.25, 0.3) is 0 Å². The molecule has 1 aliphatic carbocycles. The Labute approximate surface area is 214 Å². The van der Waals surface area contributed by atoms with Gasteiger partial charge in [0, 0.05) is 10.7 Å². The lowest BCUT2D eigenvalue weighted by Crippen LogP contribution is -2.45. The van der Waals surface area contributed by atoms with E-state index < -0.39 is 0 Å². The van der Waals surface area contributed by atoms with Crippen molar-refractivity contribution < 1.29 is 14.3 Å². The van der Waals surface area contributed by atoms with Crippen LogP contribution in [0.15, 0.2) is 42.5 Å². The van der Waals surface area contributed by atoms with E-state index in [1.54, 1.807) is 31.4 Å². The molecular weight excluding hydrogens is 464 g/mol. The summed E-state index contributed by atoms with van der Waals surface area (Å²) in [4.78, 5) is 12.8. The van der Waals surface area contributed by atoms with Crippen molar-refractivity contribution in [2.75, 3.05) is 38.9 Å². The van der Waals surface area contributed by atoms with Crippen molar-refractivity contribution >= 4 is 23.3 Å². The number of urea groups is 1. The van der Waals surface area contributed by atoms with Gasteiger partial charge >= 0.3 is 6.03 Å². The fourth-order valence-electron chi connectivity index (χ4n) is 4.51. The Kier molecular flexibility index (Phi) is 10.2. The maximum atomic E-state index is 12.8. The van der Waals surface area contributed by atoms with Crippen LogP contribution in [0.1, 0.15) is 43.7 Å². The second kappa shape index (κ2) is 13.1. The van der Waals surface area contributed by atoms with Gasteiger partial charge in [0.1, 0.15) is 5.75 Å². The highest BCUT2D eigenvalue weighted by molar-refractivity contribution is 6.30. The van der Waals surface area contributed by atoms with Crippen LogP contribution in [0.3, 0.4) is 0 Å². The number of carbonyl (C=O) groups excluding carboxylic acids is 1. The fourth-order valence-corrected chi connectivity index (χ4v) is 4.63. The molecule has 0 radical (unpaired) electrons. The first-order valence-electron chi connectivity index (χ1n) is 12.3. The first-order chi connectivity index (χ1) is 16.8. The zero-order valence-corrected chi connectivity index (χ0v) is 21.8. The van der Waals surface area contributed by atoms with E-state index in [4.69, 9.17) is 26.8 Å². The number of aryl methyl sites for hydroxylation is 1. The Morgan fingerprint density at radius 1 is 1.23 bits per heavy atom. The number of methoxy groups -OCH3 is 1. The summed E-state index contributed by atoms with van der Waals surface area (Å²) in [6.07, 6.45) is 4.24. The van der Waals surface area contributed by atoms with Gasteiger partial charge in [-0.15, -0.1) is 0 Å². The molecule has 1 aliphatic rings. The SMILES string of the molecule is COc1ccc(C)c(C(C)(CCNCC2CC2)CC(COCN)NC(=O)Nc2ccc(Cl)cc2)c1. The molecule has 8 heteroatoms. The Balaban J connectivity index is 1.76. The largest absolute Gasteiger partial charge is 0.497 e. The summed E-state index contributed by atoms with van der Waals surface area (Å²) in [6.45, 7) is 6.74. The van der Waals surface area contributed by atoms with Crippen molar-refractivity contribution in [3.05, 3.63) is 58.6 Å². The second-order valence-corrected chi connectivity index (χ2v) is 10.1. The monoisotopic (exact) mass is 502 g/mol. The highest BCUT2D eigenvalue weighted by Gasteiger charge is 2.33. The van der Waals surface area contributed by atoms with Gasteiger partial charge < -0.3 is 31.2 Å².